The van der Waals surface area contributed by atoms with E-state index in [-0.39, 0.29) is 19.4 Å². The number of Topliss-reactive ketones (excluding diaryl/α,β-unsaturated/α-hetero) is 1. The number of carbonyl (C=O) groups excluding carboxylic acids is 7. The van der Waals surface area contributed by atoms with Crippen molar-refractivity contribution in [2.24, 2.45) is 5.41 Å². The number of ketones is 1. The Hall–Kier alpha value is -4.53. The molecule has 15 heteroatoms. The molecule has 15 nitrogen and oxygen atoms in total. The van der Waals surface area contributed by atoms with E-state index in [1.54, 1.807) is 78.8 Å². The van der Waals surface area contributed by atoms with E-state index in [2.05, 4.69) is 21.3 Å². The fourth-order valence-corrected chi connectivity index (χ4v) is 5.18. The lowest BCUT2D eigenvalue weighted by Crippen LogP contribution is -2.59. The van der Waals surface area contributed by atoms with Crippen LogP contribution in [0.1, 0.15) is 79.3 Å². The summed E-state index contributed by atoms with van der Waals surface area (Å²) < 4.78 is 5.33. The van der Waals surface area contributed by atoms with E-state index in [9.17, 15) is 38.7 Å². The van der Waals surface area contributed by atoms with E-state index in [4.69, 9.17) is 4.74 Å². The summed E-state index contributed by atoms with van der Waals surface area (Å²) in [6.07, 6.45) is -1.53. The molecule has 272 valence electrons. The van der Waals surface area contributed by atoms with Crippen LogP contribution in [0.2, 0.25) is 0 Å². The largest absolute Gasteiger partial charge is 0.444 e. The number of rotatable bonds is 13. The molecule has 5 N–H and O–H groups in total. The molecule has 49 heavy (non-hydrogen) atoms. The zero-order valence-corrected chi connectivity index (χ0v) is 29.9. The van der Waals surface area contributed by atoms with Crippen molar-refractivity contribution in [3.63, 3.8) is 0 Å². The monoisotopic (exact) mass is 688 g/mol. The maximum atomic E-state index is 13.8. The Morgan fingerprint density at radius 1 is 0.959 bits per heavy atom. The molecule has 1 heterocycles. The topological polar surface area (TPSA) is 204 Å². The average Bonchev–Trinajstić information content (AvgIpc) is 3.40. The highest BCUT2D eigenvalue weighted by molar-refractivity contribution is 6.38. The zero-order valence-electron chi connectivity index (χ0n) is 29.9. The molecule has 1 fully saturated rings. The fourth-order valence-electron chi connectivity index (χ4n) is 5.18. The average molecular weight is 689 g/mol. The highest BCUT2D eigenvalue weighted by Crippen LogP contribution is 2.27. The van der Waals surface area contributed by atoms with Gasteiger partial charge in [-0.05, 0) is 38.2 Å². The Labute approximate surface area is 287 Å². The van der Waals surface area contributed by atoms with Gasteiger partial charge in [0.2, 0.25) is 29.4 Å². The van der Waals surface area contributed by atoms with Crippen molar-refractivity contribution in [1.82, 2.24) is 31.1 Å². The van der Waals surface area contributed by atoms with Crippen molar-refractivity contribution >= 4 is 41.4 Å². The Balaban J connectivity index is 2.13. The standard InChI is InChI=1S/C34H52N6O9/c1-10-14-22(26(43)29(45)35-18-24(42)37-25(30(46)39(8)9)20-15-12-11-13-16-20)36-28(44)23-17-21(41)19-40(23)31(47)27(33(2,3)4)38-32(48)49-34(5,6)7/h11-13,15-16,21-23,25,27,41H,10,14,17-19H2,1-9H3,(H,35,45)(H,36,44)(H,37,42)(H,38,48). The Kier molecular flexibility index (Phi) is 14.3. The summed E-state index contributed by atoms with van der Waals surface area (Å²) in [5.74, 6) is -4.64. The number of aliphatic hydroxyl groups excluding tert-OH is 1. The van der Waals surface area contributed by atoms with Gasteiger partial charge >= 0.3 is 6.09 Å². The normalized spacial score (nSPS) is 18.0. The summed E-state index contributed by atoms with van der Waals surface area (Å²) in [6, 6.07) is 3.90. The lowest BCUT2D eigenvalue weighted by Gasteiger charge is -2.35. The van der Waals surface area contributed by atoms with Crippen molar-refractivity contribution in [2.75, 3.05) is 27.2 Å². The maximum Gasteiger partial charge on any atom is 0.408 e. The number of ether oxygens (including phenoxy) is 1. The number of carbonyl (C=O) groups is 7. The number of hydrogen-bond donors (Lipinski definition) is 5. The Morgan fingerprint density at radius 2 is 1.57 bits per heavy atom. The fraction of sp³-hybridized carbons (Fsp3) is 0.618. The van der Waals surface area contributed by atoms with Crippen molar-refractivity contribution in [2.45, 2.75) is 104 Å². The van der Waals surface area contributed by atoms with Crippen LogP contribution >= 0.6 is 0 Å². The first-order chi connectivity index (χ1) is 22.7. The number of likely N-dealkylation sites (tertiary alicyclic amines) is 1. The van der Waals surface area contributed by atoms with Crippen molar-refractivity contribution in [1.29, 1.82) is 0 Å². The van der Waals surface area contributed by atoms with Crippen LogP contribution in [-0.2, 0) is 33.5 Å². The molecule has 0 aliphatic carbocycles. The molecule has 1 aliphatic rings. The second kappa shape index (κ2) is 17.2. The Morgan fingerprint density at radius 3 is 2.10 bits per heavy atom. The van der Waals surface area contributed by atoms with Gasteiger partial charge in [0, 0.05) is 27.1 Å². The van der Waals surface area contributed by atoms with Gasteiger partial charge in [-0.15, -0.1) is 0 Å². The molecule has 5 atom stereocenters. The Bertz CT molecular complexity index is 1370. The highest BCUT2D eigenvalue weighted by Gasteiger charge is 2.45. The van der Waals surface area contributed by atoms with Gasteiger partial charge in [0.1, 0.15) is 23.7 Å². The quantitative estimate of drug-likeness (QED) is 0.186. The van der Waals surface area contributed by atoms with Crippen LogP contribution < -0.4 is 21.3 Å². The minimum absolute atomic E-state index is 0.0750. The zero-order chi connectivity index (χ0) is 37.3. The van der Waals surface area contributed by atoms with E-state index in [1.165, 1.54) is 19.0 Å². The van der Waals surface area contributed by atoms with Gasteiger partial charge in [0.05, 0.1) is 18.7 Å². The maximum absolute atomic E-state index is 13.8. The van der Waals surface area contributed by atoms with Crippen LogP contribution in [-0.4, -0.2) is 113 Å². The van der Waals surface area contributed by atoms with E-state index in [1.807, 2.05) is 0 Å². The van der Waals surface area contributed by atoms with Gasteiger partial charge in [0.15, 0.2) is 0 Å². The lowest BCUT2D eigenvalue weighted by molar-refractivity contribution is -0.144. The minimum atomic E-state index is -1.29. The molecular weight excluding hydrogens is 636 g/mol. The second-order valence-corrected chi connectivity index (χ2v) is 14.4. The van der Waals surface area contributed by atoms with Crippen LogP contribution in [0, 0.1) is 5.41 Å². The van der Waals surface area contributed by atoms with Gasteiger partial charge in [-0.25, -0.2) is 4.79 Å². The first-order valence-corrected chi connectivity index (χ1v) is 16.3. The van der Waals surface area contributed by atoms with Gasteiger partial charge in [-0.3, -0.25) is 28.8 Å². The van der Waals surface area contributed by atoms with Crippen molar-refractivity contribution in [3.05, 3.63) is 35.9 Å². The summed E-state index contributed by atoms with van der Waals surface area (Å²) in [5, 5.41) is 20.4. The number of alkyl carbamates (subject to hydrolysis) is 1. The summed E-state index contributed by atoms with van der Waals surface area (Å²) >= 11 is 0. The number of β-amino-alcohol motifs (C(OH)–C–C–N with tert-alkyl or cyclic N) is 1. The highest BCUT2D eigenvalue weighted by atomic mass is 16.6. The molecule has 2 rings (SSSR count). The van der Waals surface area contributed by atoms with Gasteiger partial charge < -0.3 is 40.9 Å². The number of benzene rings is 1. The summed E-state index contributed by atoms with van der Waals surface area (Å²) in [5.41, 5.74) is -1.11. The number of aliphatic hydroxyl groups is 1. The molecule has 0 bridgehead atoms. The van der Waals surface area contributed by atoms with Crippen LogP contribution in [0.4, 0.5) is 4.79 Å². The molecule has 0 radical (unpaired) electrons. The third kappa shape index (κ3) is 12.1. The van der Waals surface area contributed by atoms with Gasteiger partial charge in [-0.1, -0.05) is 64.4 Å². The molecule has 6 amide bonds. The SMILES string of the molecule is CCCC(NC(=O)C1CC(O)CN1C(=O)C(NC(=O)OC(C)(C)C)C(C)(C)C)C(=O)C(=O)NCC(=O)NC(C(=O)N(C)C)c1ccccc1. The molecule has 1 aromatic carbocycles. The molecular formula is C34H52N6O9. The van der Waals surface area contributed by atoms with Crippen LogP contribution in [0.3, 0.4) is 0 Å². The molecule has 0 saturated carbocycles. The second-order valence-electron chi connectivity index (χ2n) is 14.4. The van der Waals surface area contributed by atoms with Crippen LogP contribution in [0.25, 0.3) is 0 Å². The molecule has 0 spiro atoms. The third-order valence-electron chi connectivity index (χ3n) is 7.61. The predicted octanol–water partition coefficient (Wildman–Crippen LogP) is 0.804. The summed E-state index contributed by atoms with van der Waals surface area (Å²) in [7, 11) is 3.08. The number of amides is 6. The summed E-state index contributed by atoms with van der Waals surface area (Å²) in [6.45, 7) is 11.2. The molecule has 0 aromatic heterocycles. The number of hydrogen-bond acceptors (Lipinski definition) is 9. The molecule has 1 aromatic rings. The minimum Gasteiger partial charge on any atom is -0.444 e. The van der Waals surface area contributed by atoms with E-state index < -0.39 is 89.2 Å². The van der Waals surface area contributed by atoms with E-state index >= 15 is 0 Å². The smallest absolute Gasteiger partial charge is 0.408 e. The van der Waals surface area contributed by atoms with Gasteiger partial charge in [0.25, 0.3) is 5.91 Å². The first-order valence-electron chi connectivity index (χ1n) is 16.3. The first kappa shape index (κ1) is 40.6. The number of nitrogens with zero attached hydrogens (tertiary/aromatic N) is 2. The van der Waals surface area contributed by atoms with Crippen LogP contribution in [0.15, 0.2) is 30.3 Å². The predicted molar refractivity (Wildman–Crippen MR) is 180 cm³/mol. The molecule has 5 unspecified atom stereocenters. The third-order valence-corrected chi connectivity index (χ3v) is 7.61. The molecule has 1 aliphatic heterocycles. The van der Waals surface area contributed by atoms with E-state index in [0.29, 0.717) is 12.0 Å². The lowest BCUT2D eigenvalue weighted by atomic mass is 9.85. The summed E-state index contributed by atoms with van der Waals surface area (Å²) in [4.78, 5) is 93.9. The number of likely N-dealkylation sites (N-methyl/N-ethyl adjacent to an activating group) is 1. The van der Waals surface area contributed by atoms with Gasteiger partial charge in [-0.2, -0.15) is 0 Å². The van der Waals surface area contributed by atoms with E-state index in [0.717, 1.165) is 4.90 Å². The molecule has 1 saturated heterocycles. The number of nitrogens with one attached hydrogen (secondary N) is 4. The van der Waals surface area contributed by atoms with Crippen molar-refractivity contribution in [3.8, 4) is 0 Å². The van der Waals surface area contributed by atoms with Crippen LogP contribution in [0.5, 0.6) is 0 Å². The van der Waals surface area contributed by atoms with Crippen molar-refractivity contribution < 1.29 is 43.4 Å².